The van der Waals surface area contributed by atoms with Crippen molar-refractivity contribution in [3.05, 3.63) is 103 Å². The molecule has 45 heavy (non-hydrogen) atoms. The van der Waals surface area contributed by atoms with Gasteiger partial charge >= 0.3 is 11.9 Å². The number of aryl methyl sites for hydroxylation is 1. The van der Waals surface area contributed by atoms with E-state index in [9.17, 15) is 36.0 Å². The number of alkyl halides is 3. The Morgan fingerprint density at radius 3 is 2.24 bits per heavy atom. The Labute approximate surface area is 269 Å². The molecule has 1 aromatic heterocycles. The van der Waals surface area contributed by atoms with Crippen molar-refractivity contribution in [2.24, 2.45) is 0 Å². The van der Waals surface area contributed by atoms with Crippen molar-refractivity contribution in [2.75, 3.05) is 17.3 Å². The minimum Gasteiger partial charge on any atom is -0.346 e. The molecule has 2 N–H and O–H groups in total. The zero-order valence-electron chi connectivity index (χ0n) is 24.4. The maximum absolute atomic E-state index is 13.4. The predicted octanol–water partition coefficient (Wildman–Crippen LogP) is 4.21. The highest BCUT2D eigenvalue weighted by atomic mass is 127. The molecule has 0 aliphatic heterocycles. The van der Waals surface area contributed by atoms with E-state index >= 15 is 0 Å². The van der Waals surface area contributed by atoms with Crippen LogP contribution in [0.1, 0.15) is 51.3 Å². The number of anilines is 1. The Kier molecular flexibility index (Phi) is 9.58. The van der Waals surface area contributed by atoms with Crippen molar-refractivity contribution in [3.63, 3.8) is 0 Å². The molecular formula is C29H28F3IN6O5S. The first-order valence-corrected chi connectivity index (χ1v) is 16.4. The smallest absolute Gasteiger partial charge is 0.346 e. The van der Waals surface area contributed by atoms with Crippen LogP contribution in [0, 0.1) is 10.5 Å². The summed E-state index contributed by atoms with van der Waals surface area (Å²) in [5.74, 6) is -1.45. The van der Waals surface area contributed by atoms with Crippen LogP contribution in [0.15, 0.2) is 65.5 Å². The molecule has 0 bridgehead atoms. The molecule has 0 radical (unpaired) electrons. The lowest BCUT2D eigenvalue weighted by Gasteiger charge is -2.26. The number of benzene rings is 3. The van der Waals surface area contributed by atoms with Crippen molar-refractivity contribution in [3.8, 4) is 5.69 Å². The van der Waals surface area contributed by atoms with Crippen LogP contribution in [0.3, 0.4) is 0 Å². The standard InChI is InChI=1S/C29H28F3IN6O5S/c1-17-14-18(15-38-27(42)39(37-36-38)20-11-9-19(10-12-20)29(30,31)32)8-13-23(17)34-25(40)21-6-5-7-22(33)24(21)26(41)35-28(2,3)16-45(4,43)44/h5-14H,15-16H2,1-4H3,(H,34,40)(H,35,41). The molecule has 4 aromatic rings. The first-order chi connectivity index (χ1) is 20.8. The minimum atomic E-state index is -4.51. The number of amides is 2. The fraction of sp³-hybridized carbons (Fsp3) is 0.276. The summed E-state index contributed by atoms with van der Waals surface area (Å²) in [6.45, 7) is 4.89. The molecule has 0 unspecified atom stereocenters. The van der Waals surface area contributed by atoms with E-state index in [2.05, 4.69) is 21.1 Å². The molecule has 4 rings (SSSR count). The summed E-state index contributed by atoms with van der Waals surface area (Å²) in [6.07, 6.45) is -3.44. The number of nitrogens with zero attached hydrogens (tertiary/aromatic N) is 4. The molecule has 0 atom stereocenters. The fourth-order valence-electron chi connectivity index (χ4n) is 4.66. The molecule has 0 saturated heterocycles. The van der Waals surface area contributed by atoms with E-state index in [1.165, 1.54) is 6.07 Å². The largest absolute Gasteiger partial charge is 0.416 e. The Hall–Kier alpha value is -4.06. The second-order valence-electron chi connectivity index (χ2n) is 11.0. The van der Waals surface area contributed by atoms with E-state index in [0.29, 0.717) is 20.4 Å². The number of aromatic nitrogens is 4. The third-order valence-corrected chi connectivity index (χ3v) is 8.66. The van der Waals surface area contributed by atoms with E-state index in [1.54, 1.807) is 51.1 Å². The van der Waals surface area contributed by atoms with Crippen LogP contribution in [0.4, 0.5) is 18.9 Å². The summed E-state index contributed by atoms with van der Waals surface area (Å²) >= 11 is 1.93. The van der Waals surface area contributed by atoms with Crippen LogP contribution in [0.2, 0.25) is 0 Å². The molecule has 0 saturated carbocycles. The van der Waals surface area contributed by atoms with Gasteiger partial charge in [-0.1, -0.05) is 18.2 Å². The highest BCUT2D eigenvalue weighted by molar-refractivity contribution is 14.1. The quantitative estimate of drug-likeness (QED) is 0.244. The normalized spacial score (nSPS) is 12.2. The maximum atomic E-state index is 13.4. The highest BCUT2D eigenvalue weighted by Crippen LogP contribution is 2.29. The molecule has 0 spiro atoms. The van der Waals surface area contributed by atoms with Crippen molar-refractivity contribution < 1.29 is 31.2 Å². The van der Waals surface area contributed by atoms with Crippen LogP contribution < -0.4 is 16.3 Å². The van der Waals surface area contributed by atoms with Crippen LogP contribution in [-0.4, -0.2) is 57.6 Å². The molecule has 0 aliphatic rings. The Morgan fingerprint density at radius 2 is 1.64 bits per heavy atom. The van der Waals surface area contributed by atoms with Gasteiger partial charge in [0, 0.05) is 21.1 Å². The van der Waals surface area contributed by atoms with E-state index in [1.807, 2.05) is 22.6 Å². The van der Waals surface area contributed by atoms with E-state index in [-0.39, 0.29) is 29.1 Å². The molecule has 3 aromatic carbocycles. The van der Waals surface area contributed by atoms with Crippen LogP contribution in [0.25, 0.3) is 5.69 Å². The molecule has 2 amide bonds. The lowest BCUT2D eigenvalue weighted by molar-refractivity contribution is -0.137. The number of carbonyl (C=O) groups is 2. The topological polar surface area (TPSA) is 145 Å². The molecule has 1 heterocycles. The van der Waals surface area contributed by atoms with Crippen molar-refractivity contribution >= 4 is 49.9 Å². The van der Waals surface area contributed by atoms with Gasteiger partial charge in [-0.15, -0.1) is 0 Å². The summed E-state index contributed by atoms with van der Waals surface area (Å²) < 4.78 is 64.7. The number of nitrogens with one attached hydrogen (secondary N) is 2. The minimum absolute atomic E-state index is 0.000992. The van der Waals surface area contributed by atoms with Crippen LogP contribution in [-0.2, 0) is 22.6 Å². The molecular weight excluding hydrogens is 728 g/mol. The Morgan fingerprint density at radius 1 is 0.978 bits per heavy atom. The summed E-state index contributed by atoms with van der Waals surface area (Å²) in [5.41, 5.74) is -0.591. The number of tetrazole rings is 1. The van der Waals surface area contributed by atoms with Gasteiger partial charge in [-0.25, -0.2) is 13.2 Å². The van der Waals surface area contributed by atoms with E-state index < -0.39 is 44.6 Å². The van der Waals surface area contributed by atoms with Gasteiger partial charge in [-0.2, -0.15) is 22.5 Å². The second-order valence-corrected chi connectivity index (χ2v) is 14.4. The van der Waals surface area contributed by atoms with Gasteiger partial charge in [-0.3, -0.25) is 9.59 Å². The number of hydrogen-bond donors (Lipinski definition) is 2. The van der Waals surface area contributed by atoms with Gasteiger partial charge in [0.15, 0.2) is 0 Å². The lowest BCUT2D eigenvalue weighted by atomic mass is 10.0. The Bertz CT molecular complexity index is 1940. The average molecular weight is 757 g/mol. The monoisotopic (exact) mass is 756 g/mol. The first kappa shape index (κ1) is 33.8. The Balaban J connectivity index is 1.51. The summed E-state index contributed by atoms with van der Waals surface area (Å²) in [6, 6.07) is 13.7. The van der Waals surface area contributed by atoms with Gasteiger partial charge in [0.05, 0.1) is 34.7 Å². The average Bonchev–Trinajstić information content (AvgIpc) is 3.27. The zero-order valence-corrected chi connectivity index (χ0v) is 27.4. The summed E-state index contributed by atoms with van der Waals surface area (Å²) in [5, 5.41) is 13.1. The third-order valence-electron chi connectivity index (χ3n) is 6.51. The first-order valence-electron chi connectivity index (χ1n) is 13.2. The van der Waals surface area contributed by atoms with Gasteiger partial charge < -0.3 is 10.6 Å². The van der Waals surface area contributed by atoms with Gasteiger partial charge in [0.2, 0.25) is 0 Å². The molecule has 16 heteroatoms. The van der Waals surface area contributed by atoms with Crippen molar-refractivity contribution in [1.29, 1.82) is 0 Å². The van der Waals surface area contributed by atoms with Gasteiger partial charge in [0.25, 0.3) is 11.8 Å². The summed E-state index contributed by atoms with van der Waals surface area (Å²) in [7, 11) is -3.39. The van der Waals surface area contributed by atoms with E-state index in [4.69, 9.17) is 0 Å². The third kappa shape index (κ3) is 8.36. The van der Waals surface area contributed by atoms with Gasteiger partial charge in [-0.05, 0) is 107 Å². The van der Waals surface area contributed by atoms with Crippen LogP contribution >= 0.6 is 22.6 Å². The maximum Gasteiger partial charge on any atom is 0.416 e. The number of carbonyl (C=O) groups excluding carboxylic acids is 2. The number of hydrogen-bond acceptors (Lipinski definition) is 7. The number of halogens is 4. The van der Waals surface area contributed by atoms with Gasteiger partial charge in [0.1, 0.15) is 9.84 Å². The number of rotatable bonds is 9. The highest BCUT2D eigenvalue weighted by Gasteiger charge is 2.31. The molecule has 0 aliphatic carbocycles. The molecule has 11 nitrogen and oxygen atoms in total. The van der Waals surface area contributed by atoms with Crippen LogP contribution in [0.5, 0.6) is 0 Å². The van der Waals surface area contributed by atoms with Crippen molar-refractivity contribution in [1.82, 2.24) is 25.1 Å². The number of sulfone groups is 1. The molecule has 0 fully saturated rings. The molecule has 238 valence electrons. The summed E-state index contributed by atoms with van der Waals surface area (Å²) in [4.78, 5) is 39.4. The SMILES string of the molecule is Cc1cc(Cn2nnn(-c3ccc(C(F)(F)F)cc3)c2=O)ccc1NC(=O)c1cccc(I)c1C(=O)NC(C)(C)CS(C)(=O)=O. The predicted molar refractivity (Wildman–Crippen MR) is 169 cm³/mol. The second kappa shape index (κ2) is 12.7. The lowest BCUT2D eigenvalue weighted by Crippen LogP contribution is -2.48. The zero-order chi connectivity index (χ0) is 33.3. The van der Waals surface area contributed by atoms with E-state index in [0.717, 1.165) is 39.9 Å². The fourth-order valence-corrected chi connectivity index (χ4v) is 6.79. The van der Waals surface area contributed by atoms with Crippen molar-refractivity contribution in [2.45, 2.75) is 39.0 Å².